The van der Waals surface area contributed by atoms with Crippen molar-refractivity contribution in [1.82, 2.24) is 25.1 Å². The predicted molar refractivity (Wildman–Crippen MR) is 177 cm³/mol. The minimum atomic E-state index is -1.18. The lowest BCUT2D eigenvalue weighted by atomic mass is 9.95. The normalized spacial score (nSPS) is 14.9. The van der Waals surface area contributed by atoms with Gasteiger partial charge in [0.25, 0.3) is 0 Å². The molecule has 13 heteroatoms. The second kappa shape index (κ2) is 13.8. The summed E-state index contributed by atoms with van der Waals surface area (Å²) in [5.74, 6) is 1.10. The molecular weight excluding hydrogens is 599 g/mol. The van der Waals surface area contributed by atoms with E-state index in [4.69, 9.17) is 19.5 Å². The fraction of sp³-hybridized carbons (Fsp3) is 0.500. The summed E-state index contributed by atoms with van der Waals surface area (Å²) in [6, 6.07) is 11.3. The Morgan fingerprint density at radius 3 is 2.67 bits per heavy atom. The Morgan fingerprint density at radius 1 is 1.19 bits per heavy atom. The molecule has 0 unspecified atom stereocenters. The van der Waals surface area contributed by atoms with Gasteiger partial charge in [-0.3, -0.25) is 4.57 Å². The summed E-state index contributed by atoms with van der Waals surface area (Å²) in [6.07, 6.45) is 1.93. The lowest BCUT2D eigenvalue weighted by Crippen LogP contribution is -2.27. The number of rotatable bonds is 11. The molecule has 1 aliphatic rings. The van der Waals surface area contributed by atoms with Gasteiger partial charge in [0.15, 0.2) is 27.3 Å². The van der Waals surface area contributed by atoms with Crippen LogP contribution in [0, 0.1) is 6.92 Å². The number of hydrogen-bond acceptors (Lipinski definition) is 11. The zero-order valence-corrected chi connectivity index (χ0v) is 28.5. The lowest BCUT2D eigenvalue weighted by Gasteiger charge is -2.21. The molecule has 0 amide bonds. The third kappa shape index (κ3) is 7.58. The van der Waals surface area contributed by atoms with Gasteiger partial charge in [0, 0.05) is 26.6 Å². The molecule has 5 rings (SSSR count). The van der Waals surface area contributed by atoms with Crippen LogP contribution in [0.5, 0.6) is 0 Å². The van der Waals surface area contributed by atoms with Gasteiger partial charge >= 0.3 is 5.97 Å². The van der Waals surface area contributed by atoms with E-state index in [9.17, 15) is 4.79 Å². The number of carbonyl (C=O) groups is 1. The number of nitrogens with one attached hydrogen (secondary N) is 1. The Morgan fingerprint density at radius 2 is 1.95 bits per heavy atom. The van der Waals surface area contributed by atoms with Crippen molar-refractivity contribution in [2.24, 2.45) is 4.99 Å². The second-order valence-corrected chi connectivity index (χ2v) is 19.6. The van der Waals surface area contributed by atoms with Gasteiger partial charge in [0.2, 0.25) is 0 Å². The van der Waals surface area contributed by atoms with Crippen LogP contribution in [0.2, 0.25) is 25.7 Å². The van der Waals surface area contributed by atoms with Crippen molar-refractivity contribution < 1.29 is 14.3 Å². The standard InChI is InChI=1S/C30H41N7O3S2Si/c1-7-40-28(38)25-26(21-12-14-31-15-13-21)42-29(32-25)36(3)24-18-20(2)27(35-34-24)33-30-37(19-39-16-17-43(4,5)6)22-10-8-9-11-23(22)41-30/h8-11,18,21,31H,7,12-17,19H2,1-6H3. The number of aromatic nitrogens is 4. The predicted octanol–water partition coefficient (Wildman–Crippen LogP) is 6.21. The summed E-state index contributed by atoms with van der Waals surface area (Å²) in [7, 11) is 0.719. The first-order chi connectivity index (χ1) is 20.6. The van der Waals surface area contributed by atoms with E-state index in [1.807, 2.05) is 44.0 Å². The van der Waals surface area contributed by atoms with Gasteiger partial charge in [-0.05, 0) is 75.5 Å². The topological polar surface area (TPSA) is 107 Å². The number of aryl methyl sites for hydroxylation is 1. The molecule has 0 radical (unpaired) electrons. The smallest absolute Gasteiger partial charge is 0.358 e. The van der Waals surface area contributed by atoms with E-state index in [1.54, 1.807) is 11.3 Å². The highest BCUT2D eigenvalue weighted by Gasteiger charge is 2.28. The average Bonchev–Trinajstić information content (AvgIpc) is 3.58. The van der Waals surface area contributed by atoms with Crippen LogP contribution in [0.25, 0.3) is 10.2 Å². The molecule has 4 aromatic rings. The molecule has 1 aliphatic heterocycles. The van der Waals surface area contributed by atoms with E-state index in [0.29, 0.717) is 35.8 Å². The molecule has 1 aromatic carbocycles. The van der Waals surface area contributed by atoms with Gasteiger partial charge in [0.05, 0.1) is 16.8 Å². The molecule has 1 fully saturated rings. The Hall–Kier alpha value is -2.97. The SMILES string of the molecule is CCOC(=O)c1nc(N(C)c2cc(C)c(N=c3sc4ccccc4n3COCC[Si](C)(C)C)nn2)sc1C1CCNCC1. The van der Waals surface area contributed by atoms with Gasteiger partial charge in [0.1, 0.15) is 6.73 Å². The van der Waals surface area contributed by atoms with Crippen LogP contribution in [-0.4, -0.2) is 67.1 Å². The highest BCUT2D eigenvalue weighted by atomic mass is 32.1. The van der Waals surface area contributed by atoms with Crippen molar-refractivity contribution in [3.05, 3.63) is 51.3 Å². The number of anilines is 2. The number of fused-ring (bicyclic) bond motifs is 1. The van der Waals surface area contributed by atoms with Crippen LogP contribution in [0.3, 0.4) is 0 Å². The number of esters is 1. The minimum absolute atomic E-state index is 0.279. The number of benzene rings is 1. The number of hydrogen-bond donors (Lipinski definition) is 1. The lowest BCUT2D eigenvalue weighted by molar-refractivity contribution is 0.0518. The van der Waals surface area contributed by atoms with Crippen molar-refractivity contribution in [2.45, 2.75) is 65.0 Å². The average molecular weight is 640 g/mol. The van der Waals surface area contributed by atoms with Crippen molar-refractivity contribution in [3.8, 4) is 0 Å². The van der Waals surface area contributed by atoms with E-state index in [0.717, 1.165) is 64.0 Å². The van der Waals surface area contributed by atoms with Crippen molar-refractivity contribution in [1.29, 1.82) is 0 Å². The Labute approximate surface area is 261 Å². The maximum absolute atomic E-state index is 12.8. The first kappa shape index (κ1) is 31.5. The van der Waals surface area contributed by atoms with Crippen molar-refractivity contribution in [2.75, 3.05) is 38.3 Å². The van der Waals surface area contributed by atoms with E-state index >= 15 is 0 Å². The quantitative estimate of drug-likeness (QED) is 0.117. The number of nitrogens with zero attached hydrogens (tertiary/aromatic N) is 6. The van der Waals surface area contributed by atoms with Crippen LogP contribution in [-0.2, 0) is 16.2 Å². The van der Waals surface area contributed by atoms with Crippen molar-refractivity contribution in [3.63, 3.8) is 0 Å². The molecule has 4 heterocycles. The summed E-state index contributed by atoms with van der Waals surface area (Å²) >= 11 is 3.15. The Bertz CT molecular complexity index is 1640. The molecule has 1 N–H and O–H groups in total. The number of thiazole rings is 2. The summed E-state index contributed by atoms with van der Waals surface area (Å²) in [6.45, 7) is 14.2. The van der Waals surface area contributed by atoms with Gasteiger partial charge in [-0.15, -0.1) is 21.5 Å². The van der Waals surface area contributed by atoms with Crippen LogP contribution < -0.4 is 15.0 Å². The van der Waals surface area contributed by atoms with Gasteiger partial charge in [-0.25, -0.2) is 9.78 Å². The Balaban J connectivity index is 1.42. The van der Waals surface area contributed by atoms with E-state index < -0.39 is 8.07 Å². The van der Waals surface area contributed by atoms with Crippen LogP contribution in [0.4, 0.5) is 16.8 Å². The minimum Gasteiger partial charge on any atom is -0.461 e. The number of piperidine rings is 1. The molecule has 0 bridgehead atoms. The van der Waals surface area contributed by atoms with Gasteiger partial charge in [-0.2, -0.15) is 4.99 Å². The largest absolute Gasteiger partial charge is 0.461 e. The Kier molecular flexibility index (Phi) is 10.1. The monoisotopic (exact) mass is 639 g/mol. The third-order valence-electron chi connectivity index (χ3n) is 7.40. The molecule has 1 saturated heterocycles. The number of para-hydroxylation sites is 1. The summed E-state index contributed by atoms with van der Waals surface area (Å²) in [4.78, 5) is 26.2. The van der Waals surface area contributed by atoms with Crippen LogP contribution in [0.15, 0.2) is 35.3 Å². The highest BCUT2D eigenvalue weighted by molar-refractivity contribution is 7.16. The number of carbonyl (C=O) groups excluding carboxylic acids is 1. The molecule has 0 spiro atoms. The second-order valence-electron chi connectivity index (χ2n) is 12.0. The zero-order chi connectivity index (χ0) is 30.6. The zero-order valence-electron chi connectivity index (χ0n) is 25.8. The maximum atomic E-state index is 12.8. The van der Waals surface area contributed by atoms with Crippen LogP contribution in [0.1, 0.15) is 46.6 Å². The van der Waals surface area contributed by atoms with Gasteiger partial charge in [-0.1, -0.05) is 43.1 Å². The molecule has 43 heavy (non-hydrogen) atoms. The molecule has 230 valence electrons. The first-order valence-electron chi connectivity index (χ1n) is 14.8. The first-order valence-corrected chi connectivity index (χ1v) is 20.2. The summed E-state index contributed by atoms with van der Waals surface area (Å²) in [5, 5.41) is 13.1. The van der Waals surface area contributed by atoms with E-state index in [-0.39, 0.29) is 11.9 Å². The van der Waals surface area contributed by atoms with E-state index in [2.05, 4.69) is 51.9 Å². The molecule has 3 aromatic heterocycles. The fourth-order valence-corrected chi connectivity index (χ4v) is 7.83. The third-order valence-corrected chi connectivity index (χ3v) is 11.5. The molecule has 0 aliphatic carbocycles. The highest BCUT2D eigenvalue weighted by Crippen LogP contribution is 2.38. The maximum Gasteiger partial charge on any atom is 0.358 e. The van der Waals surface area contributed by atoms with E-state index in [1.165, 1.54) is 11.3 Å². The fourth-order valence-electron chi connectivity index (χ4n) is 4.86. The summed E-state index contributed by atoms with van der Waals surface area (Å²) < 4.78 is 14.7. The molecular formula is C30H41N7O3S2Si. The molecule has 0 saturated carbocycles. The summed E-state index contributed by atoms with van der Waals surface area (Å²) in [5.41, 5.74) is 2.39. The molecule has 0 atom stereocenters. The number of ether oxygens (including phenoxy) is 2. The van der Waals surface area contributed by atoms with Gasteiger partial charge < -0.3 is 19.7 Å². The van der Waals surface area contributed by atoms with Crippen molar-refractivity contribution >= 4 is 63.7 Å². The van der Waals surface area contributed by atoms with Crippen LogP contribution >= 0.6 is 22.7 Å². The molecule has 10 nitrogen and oxygen atoms in total.